The molecule has 1 fully saturated rings. The van der Waals surface area contributed by atoms with E-state index in [-0.39, 0.29) is 0 Å². The summed E-state index contributed by atoms with van der Waals surface area (Å²) in [6, 6.07) is 0. The fraction of sp³-hybridized carbons (Fsp3) is 1.00. The lowest BCUT2D eigenvalue weighted by Crippen LogP contribution is -2.34. The minimum atomic E-state index is -1.24. The quantitative estimate of drug-likeness (QED) is 0.349. The zero-order valence-corrected chi connectivity index (χ0v) is 5.75. The highest BCUT2D eigenvalue weighted by atomic mass is 17.5. The van der Waals surface area contributed by atoms with E-state index in [0.717, 1.165) is 19.3 Å². The molecule has 4 heteroatoms. The molecule has 0 saturated heterocycles. The van der Waals surface area contributed by atoms with E-state index in [1.807, 2.05) is 0 Å². The molecule has 2 N–H and O–H groups in total. The Bertz CT molecular complexity index is 92.4. The summed E-state index contributed by atoms with van der Waals surface area (Å²) in [5.41, 5.74) is 0. The molecule has 0 atom stereocenters. The standard InChI is InChI=1S/C6H12O4/c7-6(9-10-8)4-2-1-3-5-6/h7-8H,1-5H2. The second-order valence-corrected chi connectivity index (χ2v) is 2.66. The molecule has 0 unspecified atom stereocenters. The molecule has 10 heavy (non-hydrogen) atoms. The van der Waals surface area contributed by atoms with Crippen molar-refractivity contribution < 1.29 is 20.3 Å². The highest BCUT2D eigenvalue weighted by Gasteiger charge is 2.31. The van der Waals surface area contributed by atoms with Crippen molar-refractivity contribution in [3.63, 3.8) is 0 Å². The van der Waals surface area contributed by atoms with Gasteiger partial charge in [-0.1, -0.05) is 11.5 Å². The van der Waals surface area contributed by atoms with Crippen LogP contribution in [0.2, 0.25) is 0 Å². The number of rotatable bonds is 2. The maximum Gasteiger partial charge on any atom is 0.202 e. The highest BCUT2D eigenvalue weighted by Crippen LogP contribution is 2.28. The Labute approximate surface area is 59.2 Å². The van der Waals surface area contributed by atoms with Gasteiger partial charge in [-0.25, -0.2) is 5.26 Å². The van der Waals surface area contributed by atoms with Gasteiger partial charge in [0.05, 0.1) is 0 Å². The third-order valence-corrected chi connectivity index (χ3v) is 1.83. The van der Waals surface area contributed by atoms with Crippen LogP contribution in [0.1, 0.15) is 32.1 Å². The monoisotopic (exact) mass is 148 g/mol. The predicted octanol–water partition coefficient (Wildman–Crippen LogP) is 1.06. The first-order chi connectivity index (χ1) is 4.77. The first-order valence-corrected chi connectivity index (χ1v) is 3.48. The van der Waals surface area contributed by atoms with E-state index in [0.29, 0.717) is 12.8 Å². The molecule has 0 heterocycles. The molecule has 0 bridgehead atoms. The molecule has 0 aromatic carbocycles. The molecule has 0 radical (unpaired) electrons. The van der Waals surface area contributed by atoms with Crippen LogP contribution in [0.25, 0.3) is 0 Å². The Kier molecular flexibility index (Phi) is 2.62. The van der Waals surface area contributed by atoms with Gasteiger partial charge < -0.3 is 5.11 Å². The van der Waals surface area contributed by atoms with E-state index in [9.17, 15) is 5.11 Å². The van der Waals surface area contributed by atoms with Crippen LogP contribution in [0, 0.1) is 0 Å². The minimum Gasteiger partial charge on any atom is -0.363 e. The molecule has 60 valence electrons. The maximum absolute atomic E-state index is 9.36. The normalized spacial score (nSPS) is 24.6. The lowest BCUT2D eigenvalue weighted by Gasteiger charge is -2.28. The van der Waals surface area contributed by atoms with Gasteiger partial charge in [-0.3, -0.25) is 0 Å². The first-order valence-electron chi connectivity index (χ1n) is 3.48. The van der Waals surface area contributed by atoms with E-state index in [1.165, 1.54) is 0 Å². The average molecular weight is 148 g/mol. The van der Waals surface area contributed by atoms with Gasteiger partial charge in [0.1, 0.15) is 0 Å². The van der Waals surface area contributed by atoms with Crippen LogP contribution in [0.4, 0.5) is 0 Å². The van der Waals surface area contributed by atoms with Crippen molar-refractivity contribution in [1.29, 1.82) is 0 Å². The molecule has 1 aliphatic rings. The van der Waals surface area contributed by atoms with Crippen LogP contribution >= 0.6 is 0 Å². The largest absolute Gasteiger partial charge is 0.363 e. The maximum atomic E-state index is 9.36. The van der Waals surface area contributed by atoms with Crippen molar-refractivity contribution in [3.8, 4) is 0 Å². The fourth-order valence-corrected chi connectivity index (χ4v) is 1.26. The van der Waals surface area contributed by atoms with Gasteiger partial charge in [0.2, 0.25) is 5.79 Å². The molecular weight excluding hydrogens is 136 g/mol. The number of aliphatic hydroxyl groups is 1. The number of hydrogen-bond acceptors (Lipinski definition) is 4. The first kappa shape index (κ1) is 7.94. The van der Waals surface area contributed by atoms with Crippen molar-refractivity contribution in [2.24, 2.45) is 0 Å². The van der Waals surface area contributed by atoms with E-state index in [1.54, 1.807) is 0 Å². The summed E-state index contributed by atoms with van der Waals surface area (Å²) in [6.07, 6.45) is 4.01. The summed E-state index contributed by atoms with van der Waals surface area (Å²) in [5.74, 6) is -1.24. The van der Waals surface area contributed by atoms with Gasteiger partial charge in [-0.05, 0) is 12.8 Å². The molecule has 4 nitrogen and oxygen atoms in total. The van der Waals surface area contributed by atoms with Gasteiger partial charge >= 0.3 is 0 Å². The van der Waals surface area contributed by atoms with Gasteiger partial charge in [0.15, 0.2) is 0 Å². The van der Waals surface area contributed by atoms with Gasteiger partial charge in [-0.2, -0.15) is 4.89 Å². The van der Waals surface area contributed by atoms with Crippen LogP contribution in [-0.4, -0.2) is 16.2 Å². The summed E-state index contributed by atoms with van der Waals surface area (Å²) in [7, 11) is 0. The Hall–Kier alpha value is -0.160. The lowest BCUT2D eigenvalue weighted by atomic mass is 9.95. The highest BCUT2D eigenvalue weighted by molar-refractivity contribution is 4.70. The van der Waals surface area contributed by atoms with Crippen LogP contribution in [0.15, 0.2) is 0 Å². The van der Waals surface area contributed by atoms with Crippen LogP contribution in [-0.2, 0) is 9.93 Å². The fourth-order valence-electron chi connectivity index (χ4n) is 1.26. The Morgan fingerprint density at radius 1 is 1.10 bits per heavy atom. The predicted molar refractivity (Wildman–Crippen MR) is 32.8 cm³/mol. The topological polar surface area (TPSA) is 58.9 Å². The lowest BCUT2D eigenvalue weighted by molar-refractivity contribution is -0.556. The van der Waals surface area contributed by atoms with E-state index >= 15 is 0 Å². The van der Waals surface area contributed by atoms with Crippen molar-refractivity contribution >= 4 is 0 Å². The molecule has 0 aromatic heterocycles. The van der Waals surface area contributed by atoms with Crippen molar-refractivity contribution in [1.82, 2.24) is 0 Å². The second-order valence-electron chi connectivity index (χ2n) is 2.66. The Morgan fingerprint density at radius 2 is 1.70 bits per heavy atom. The smallest absolute Gasteiger partial charge is 0.202 e. The van der Waals surface area contributed by atoms with Crippen molar-refractivity contribution in [2.45, 2.75) is 37.9 Å². The molecule has 1 saturated carbocycles. The van der Waals surface area contributed by atoms with E-state index < -0.39 is 5.79 Å². The van der Waals surface area contributed by atoms with Crippen molar-refractivity contribution in [2.75, 3.05) is 0 Å². The zero-order chi connectivity index (χ0) is 7.45. The van der Waals surface area contributed by atoms with Gasteiger partial charge in [0, 0.05) is 12.8 Å². The molecule has 0 aromatic rings. The third-order valence-electron chi connectivity index (χ3n) is 1.83. The third kappa shape index (κ3) is 1.91. The van der Waals surface area contributed by atoms with Crippen molar-refractivity contribution in [3.05, 3.63) is 0 Å². The van der Waals surface area contributed by atoms with Crippen LogP contribution in [0.3, 0.4) is 0 Å². The molecular formula is C6H12O4. The SMILES string of the molecule is OOOC1(O)CCCCC1. The number of hydrogen-bond donors (Lipinski definition) is 2. The van der Waals surface area contributed by atoms with Gasteiger partial charge in [0.25, 0.3) is 0 Å². The van der Waals surface area contributed by atoms with Crippen LogP contribution < -0.4 is 0 Å². The zero-order valence-electron chi connectivity index (χ0n) is 5.75. The Morgan fingerprint density at radius 3 is 2.20 bits per heavy atom. The van der Waals surface area contributed by atoms with Crippen LogP contribution in [0.5, 0.6) is 0 Å². The van der Waals surface area contributed by atoms with E-state index in [2.05, 4.69) is 9.93 Å². The summed E-state index contributed by atoms with van der Waals surface area (Å²) in [6.45, 7) is 0. The second kappa shape index (κ2) is 3.30. The molecule has 0 aliphatic heterocycles. The molecule has 0 amide bonds. The summed E-state index contributed by atoms with van der Waals surface area (Å²) in [5, 5.41) is 20.7. The molecule has 1 aliphatic carbocycles. The van der Waals surface area contributed by atoms with Gasteiger partial charge in [-0.15, -0.1) is 0 Å². The Balaban J connectivity index is 2.32. The van der Waals surface area contributed by atoms with E-state index in [4.69, 9.17) is 5.26 Å². The summed E-state index contributed by atoms with van der Waals surface area (Å²) < 4.78 is 0. The summed E-state index contributed by atoms with van der Waals surface area (Å²) in [4.78, 5) is 4.28. The molecule has 1 rings (SSSR count). The summed E-state index contributed by atoms with van der Waals surface area (Å²) >= 11 is 0. The average Bonchev–Trinajstić information content (AvgIpc) is 1.89. The minimum absolute atomic E-state index is 0.535. The molecule has 0 spiro atoms.